The van der Waals surface area contributed by atoms with E-state index in [2.05, 4.69) is 18.6 Å². The summed E-state index contributed by atoms with van der Waals surface area (Å²) in [5.74, 6) is -0.693. The van der Waals surface area contributed by atoms with E-state index >= 15 is 0 Å². The lowest BCUT2D eigenvalue weighted by atomic mass is 10.2. The van der Waals surface area contributed by atoms with Gasteiger partial charge in [-0.05, 0) is 13.0 Å². The number of nitrogens with zero attached hydrogens (tertiary/aromatic N) is 2. The molecular formula is C13H24N3O2+. The topological polar surface area (TPSA) is 49.4 Å². The molecule has 102 valence electrons. The minimum absolute atomic E-state index is 0.168. The van der Waals surface area contributed by atoms with Gasteiger partial charge in [-0.25, -0.2) is 0 Å². The molecule has 5 nitrogen and oxygen atoms in total. The van der Waals surface area contributed by atoms with Gasteiger partial charge in [0.15, 0.2) is 6.17 Å². The molecule has 0 bridgehead atoms. The van der Waals surface area contributed by atoms with Crippen LogP contribution >= 0.6 is 0 Å². The molecular weight excluding hydrogens is 230 g/mol. The van der Waals surface area contributed by atoms with Gasteiger partial charge in [0, 0.05) is 12.0 Å². The third kappa shape index (κ3) is 4.33. The molecule has 0 radical (unpaired) electrons. The van der Waals surface area contributed by atoms with E-state index in [4.69, 9.17) is 0 Å². The maximum absolute atomic E-state index is 12.1. The van der Waals surface area contributed by atoms with Gasteiger partial charge in [0.2, 0.25) is 0 Å². The van der Waals surface area contributed by atoms with Crippen molar-refractivity contribution in [1.29, 1.82) is 0 Å². The number of hydrazine groups is 1. The molecule has 0 aromatic rings. The predicted octanol–water partition coefficient (Wildman–Crippen LogP) is 1.05. The Morgan fingerprint density at radius 2 is 1.89 bits per heavy atom. The SMILES string of the molecule is C=CC(=O)NN(C(=O)C(=C)C)C(CC)[N+](C)(C)C. The smallest absolute Gasteiger partial charge is 0.272 e. The van der Waals surface area contributed by atoms with Gasteiger partial charge in [0.1, 0.15) is 0 Å². The zero-order valence-electron chi connectivity index (χ0n) is 12.0. The molecule has 1 N–H and O–H groups in total. The molecule has 0 heterocycles. The first-order valence-corrected chi connectivity index (χ1v) is 5.88. The quantitative estimate of drug-likeness (QED) is 0.345. The number of carbonyl (C=O) groups excluding carboxylic acids is 2. The standard InChI is InChI=1S/C13H23N3O2/c1-8-11(17)14-15(13(18)10(3)4)12(9-2)16(5,6)7/h8,12H,1,3,9H2,2,4-7H3/p+1. The van der Waals surface area contributed by atoms with Crippen molar-refractivity contribution in [2.75, 3.05) is 21.1 Å². The second kappa shape index (κ2) is 6.35. The molecule has 1 atom stereocenters. The van der Waals surface area contributed by atoms with Crippen LogP contribution in [-0.2, 0) is 9.59 Å². The fourth-order valence-corrected chi connectivity index (χ4v) is 1.71. The van der Waals surface area contributed by atoms with E-state index in [0.717, 1.165) is 6.08 Å². The van der Waals surface area contributed by atoms with Crippen LogP contribution in [0.3, 0.4) is 0 Å². The van der Waals surface area contributed by atoms with E-state index in [1.54, 1.807) is 6.92 Å². The van der Waals surface area contributed by atoms with Crippen LogP contribution in [0.25, 0.3) is 0 Å². The first-order valence-electron chi connectivity index (χ1n) is 5.88. The minimum atomic E-state index is -0.406. The zero-order valence-corrected chi connectivity index (χ0v) is 12.0. The highest BCUT2D eigenvalue weighted by molar-refractivity contribution is 5.95. The fraction of sp³-hybridized carbons (Fsp3) is 0.538. The van der Waals surface area contributed by atoms with E-state index in [9.17, 15) is 9.59 Å². The fourth-order valence-electron chi connectivity index (χ4n) is 1.71. The summed E-state index contributed by atoms with van der Waals surface area (Å²) >= 11 is 0. The van der Waals surface area contributed by atoms with E-state index in [-0.39, 0.29) is 12.1 Å². The molecule has 0 fully saturated rings. The molecule has 0 saturated carbocycles. The van der Waals surface area contributed by atoms with Crippen molar-refractivity contribution in [2.45, 2.75) is 26.4 Å². The third-order valence-electron chi connectivity index (χ3n) is 2.56. The number of carbonyl (C=O) groups is 2. The van der Waals surface area contributed by atoms with Crippen LogP contribution in [-0.4, -0.2) is 48.6 Å². The predicted molar refractivity (Wildman–Crippen MR) is 72.1 cm³/mol. The highest BCUT2D eigenvalue weighted by Crippen LogP contribution is 2.13. The third-order valence-corrected chi connectivity index (χ3v) is 2.56. The molecule has 0 aliphatic heterocycles. The molecule has 18 heavy (non-hydrogen) atoms. The zero-order chi connectivity index (χ0) is 14.5. The average Bonchev–Trinajstić information content (AvgIpc) is 2.25. The summed E-state index contributed by atoms with van der Waals surface area (Å²) in [5, 5.41) is 1.34. The van der Waals surface area contributed by atoms with Crippen LogP contribution in [0.15, 0.2) is 24.8 Å². The number of rotatable bonds is 5. The van der Waals surface area contributed by atoms with Crippen molar-refractivity contribution >= 4 is 11.8 Å². The number of hydrogen-bond donors (Lipinski definition) is 1. The first kappa shape index (κ1) is 16.4. The van der Waals surface area contributed by atoms with E-state index in [1.807, 2.05) is 28.1 Å². The van der Waals surface area contributed by atoms with Gasteiger partial charge in [0.05, 0.1) is 21.1 Å². The van der Waals surface area contributed by atoms with Crippen LogP contribution in [0.4, 0.5) is 0 Å². The molecule has 0 aromatic carbocycles. The number of quaternary nitrogens is 1. The molecule has 2 amide bonds. The normalized spacial score (nSPS) is 12.5. The molecule has 5 heteroatoms. The summed E-state index contributed by atoms with van der Waals surface area (Å²) in [7, 11) is 5.90. The molecule has 0 saturated heterocycles. The van der Waals surface area contributed by atoms with Crippen molar-refractivity contribution in [3.05, 3.63) is 24.8 Å². The van der Waals surface area contributed by atoms with Crippen LogP contribution in [0.5, 0.6) is 0 Å². The van der Waals surface area contributed by atoms with Gasteiger partial charge in [0.25, 0.3) is 11.8 Å². The average molecular weight is 254 g/mol. The highest BCUT2D eigenvalue weighted by Gasteiger charge is 2.33. The Morgan fingerprint density at radius 1 is 1.39 bits per heavy atom. The monoisotopic (exact) mass is 254 g/mol. The number of amides is 2. The Hall–Kier alpha value is -1.62. The Morgan fingerprint density at radius 3 is 2.17 bits per heavy atom. The van der Waals surface area contributed by atoms with E-state index in [0.29, 0.717) is 16.5 Å². The van der Waals surface area contributed by atoms with Crippen molar-refractivity contribution in [3.8, 4) is 0 Å². The lowest BCUT2D eigenvalue weighted by molar-refractivity contribution is -0.907. The molecule has 0 rings (SSSR count). The van der Waals surface area contributed by atoms with Crippen molar-refractivity contribution in [1.82, 2.24) is 10.4 Å². The Balaban J connectivity index is 5.30. The van der Waals surface area contributed by atoms with Gasteiger partial charge in [-0.15, -0.1) is 0 Å². The van der Waals surface area contributed by atoms with Gasteiger partial charge in [-0.1, -0.05) is 20.1 Å². The van der Waals surface area contributed by atoms with Crippen molar-refractivity contribution < 1.29 is 14.1 Å². The summed E-state index contributed by atoms with van der Waals surface area (Å²) in [6.07, 6.45) is 1.68. The Labute approximate surface area is 109 Å². The van der Waals surface area contributed by atoms with Crippen LogP contribution in [0, 0.1) is 0 Å². The molecule has 0 aliphatic rings. The summed E-state index contributed by atoms with van der Waals surface area (Å²) in [6, 6.07) is 0. The molecule has 0 spiro atoms. The van der Waals surface area contributed by atoms with Crippen LogP contribution < -0.4 is 5.43 Å². The largest absolute Gasteiger partial charge is 0.310 e. The lowest BCUT2D eigenvalue weighted by Crippen LogP contribution is -2.62. The summed E-state index contributed by atoms with van der Waals surface area (Å²) in [5.41, 5.74) is 2.94. The van der Waals surface area contributed by atoms with Gasteiger partial charge < -0.3 is 4.48 Å². The van der Waals surface area contributed by atoms with Gasteiger partial charge in [-0.3, -0.25) is 15.0 Å². The summed E-state index contributed by atoms with van der Waals surface area (Å²) in [6.45, 7) is 10.6. The summed E-state index contributed by atoms with van der Waals surface area (Å²) in [4.78, 5) is 23.5. The summed E-state index contributed by atoms with van der Waals surface area (Å²) < 4.78 is 0.521. The highest BCUT2D eigenvalue weighted by atomic mass is 16.2. The van der Waals surface area contributed by atoms with Crippen molar-refractivity contribution in [2.24, 2.45) is 0 Å². The molecule has 0 aliphatic carbocycles. The van der Waals surface area contributed by atoms with E-state index < -0.39 is 5.91 Å². The minimum Gasteiger partial charge on any atom is -0.310 e. The van der Waals surface area contributed by atoms with Gasteiger partial charge >= 0.3 is 0 Å². The Bertz CT molecular complexity index is 356. The van der Waals surface area contributed by atoms with Crippen LogP contribution in [0.1, 0.15) is 20.3 Å². The maximum Gasteiger partial charge on any atom is 0.272 e. The molecule has 1 unspecified atom stereocenters. The number of nitrogens with one attached hydrogen (secondary N) is 1. The molecule has 0 aromatic heterocycles. The van der Waals surface area contributed by atoms with Crippen LogP contribution in [0.2, 0.25) is 0 Å². The Kier molecular flexibility index (Phi) is 5.78. The van der Waals surface area contributed by atoms with Gasteiger partial charge in [-0.2, -0.15) is 5.01 Å². The lowest BCUT2D eigenvalue weighted by Gasteiger charge is -2.40. The first-order chi connectivity index (χ1) is 8.15. The maximum atomic E-state index is 12.1. The number of hydrogen-bond acceptors (Lipinski definition) is 2. The second-order valence-electron chi connectivity index (χ2n) is 5.14. The van der Waals surface area contributed by atoms with Crippen molar-refractivity contribution in [3.63, 3.8) is 0 Å². The second-order valence-corrected chi connectivity index (χ2v) is 5.14. The van der Waals surface area contributed by atoms with E-state index in [1.165, 1.54) is 5.01 Å².